The summed E-state index contributed by atoms with van der Waals surface area (Å²) in [5.74, 6) is -0.621. The molecule has 0 radical (unpaired) electrons. The van der Waals surface area contributed by atoms with Gasteiger partial charge in [-0.15, -0.1) is 0 Å². The molecule has 1 amide bonds. The maximum Gasteiger partial charge on any atom is 0.259 e. The van der Waals surface area contributed by atoms with Crippen molar-refractivity contribution in [3.05, 3.63) is 78.2 Å². The molecule has 2 heterocycles. The van der Waals surface area contributed by atoms with Crippen molar-refractivity contribution in [2.45, 2.75) is 30.6 Å². The number of halogens is 1. The summed E-state index contributed by atoms with van der Waals surface area (Å²) >= 11 is 0. The second-order valence-electron chi connectivity index (χ2n) is 7.84. The molecule has 3 aromatic rings. The summed E-state index contributed by atoms with van der Waals surface area (Å²) in [7, 11) is -3.64. The molecule has 1 fully saturated rings. The number of rotatable bonds is 6. The number of benzene rings is 2. The molecule has 0 spiro atoms. The average Bonchev–Trinajstić information content (AvgIpc) is 3.10. The predicted molar refractivity (Wildman–Crippen MR) is 126 cm³/mol. The fraction of sp³-hybridized carbons (Fsp3) is 0.250. The first-order chi connectivity index (χ1) is 15.9. The van der Waals surface area contributed by atoms with Gasteiger partial charge in [0, 0.05) is 30.7 Å². The molecule has 1 aliphatic heterocycles. The Morgan fingerprint density at radius 1 is 0.909 bits per heavy atom. The zero-order valence-corrected chi connectivity index (χ0v) is 18.8. The second-order valence-corrected chi connectivity index (χ2v) is 9.77. The Hall–Kier alpha value is -3.30. The summed E-state index contributed by atoms with van der Waals surface area (Å²) in [6.45, 7) is 1.01. The number of aromatic nitrogens is 1. The van der Waals surface area contributed by atoms with Crippen molar-refractivity contribution in [1.29, 1.82) is 0 Å². The van der Waals surface area contributed by atoms with Gasteiger partial charge in [-0.3, -0.25) is 4.79 Å². The van der Waals surface area contributed by atoms with Gasteiger partial charge in [0.25, 0.3) is 5.91 Å². The highest BCUT2D eigenvalue weighted by atomic mass is 32.2. The van der Waals surface area contributed by atoms with E-state index in [9.17, 15) is 17.6 Å². The van der Waals surface area contributed by atoms with Crippen LogP contribution in [0.1, 0.15) is 36.0 Å². The van der Waals surface area contributed by atoms with Gasteiger partial charge in [0.05, 0.1) is 10.5 Å². The first-order valence-electron chi connectivity index (χ1n) is 10.8. The molecule has 0 bridgehead atoms. The molecule has 7 nitrogen and oxygen atoms in total. The van der Waals surface area contributed by atoms with E-state index in [-0.39, 0.29) is 16.3 Å². The molecule has 1 aliphatic rings. The Bertz CT molecular complexity index is 1240. The largest absolute Gasteiger partial charge is 0.339 e. The van der Waals surface area contributed by atoms with E-state index in [0.29, 0.717) is 24.5 Å². The van der Waals surface area contributed by atoms with Crippen LogP contribution in [0.5, 0.6) is 0 Å². The van der Waals surface area contributed by atoms with Crippen LogP contribution in [0.3, 0.4) is 0 Å². The summed E-state index contributed by atoms with van der Waals surface area (Å²) in [6, 6.07) is 15.3. The van der Waals surface area contributed by atoms with E-state index in [0.717, 1.165) is 25.7 Å². The Labute approximate surface area is 192 Å². The number of hydrogen-bond donors (Lipinski definition) is 2. The summed E-state index contributed by atoms with van der Waals surface area (Å²) in [6.07, 6.45) is 5.26. The van der Waals surface area contributed by atoms with Gasteiger partial charge in [-0.2, -0.15) is 4.31 Å². The third kappa shape index (κ3) is 5.55. The first-order valence-corrected chi connectivity index (χ1v) is 12.3. The molecule has 1 aromatic heterocycles. The van der Waals surface area contributed by atoms with Crippen LogP contribution in [0.2, 0.25) is 0 Å². The van der Waals surface area contributed by atoms with E-state index in [1.807, 2.05) is 0 Å². The number of anilines is 3. The lowest BCUT2D eigenvalue weighted by Crippen LogP contribution is -2.32. The average molecular weight is 469 g/mol. The molecule has 0 aliphatic carbocycles. The van der Waals surface area contributed by atoms with Crippen molar-refractivity contribution in [1.82, 2.24) is 9.29 Å². The van der Waals surface area contributed by atoms with Crippen molar-refractivity contribution < 1.29 is 17.6 Å². The van der Waals surface area contributed by atoms with E-state index in [2.05, 4.69) is 15.6 Å². The number of pyridine rings is 1. The molecule has 1 saturated heterocycles. The quantitative estimate of drug-likeness (QED) is 0.543. The summed E-state index contributed by atoms with van der Waals surface area (Å²) in [5, 5.41) is 5.70. The molecule has 2 N–H and O–H groups in total. The maximum atomic E-state index is 13.5. The second kappa shape index (κ2) is 10.1. The third-order valence-corrected chi connectivity index (χ3v) is 7.33. The minimum atomic E-state index is -3.64. The van der Waals surface area contributed by atoms with Gasteiger partial charge in [-0.05, 0) is 61.4 Å². The predicted octanol–water partition coefficient (Wildman–Crippen LogP) is 4.78. The monoisotopic (exact) mass is 468 g/mol. The zero-order valence-electron chi connectivity index (χ0n) is 18.0. The minimum Gasteiger partial charge on any atom is -0.339 e. The minimum absolute atomic E-state index is 0.145. The van der Waals surface area contributed by atoms with E-state index in [4.69, 9.17) is 0 Å². The fourth-order valence-electron chi connectivity index (χ4n) is 3.75. The van der Waals surface area contributed by atoms with Gasteiger partial charge in [0.1, 0.15) is 11.6 Å². The van der Waals surface area contributed by atoms with Crippen LogP contribution in [-0.2, 0) is 10.0 Å². The van der Waals surface area contributed by atoms with E-state index in [1.165, 1.54) is 34.8 Å². The first kappa shape index (κ1) is 22.9. The Morgan fingerprint density at radius 3 is 2.39 bits per heavy atom. The third-order valence-electron chi connectivity index (χ3n) is 5.43. The molecule has 0 saturated carbocycles. The van der Waals surface area contributed by atoms with Crippen LogP contribution in [0.25, 0.3) is 0 Å². The standard InChI is InChI=1S/C24H25FN4O3S/c25-18-8-5-9-19(16-18)27-23-22(12-7-13-26-23)24(30)28-20-10-6-11-21(17-20)33(31,32)29-14-3-1-2-4-15-29/h5-13,16-17H,1-4,14-15H2,(H,26,27)(H,28,30). The lowest BCUT2D eigenvalue weighted by Gasteiger charge is -2.20. The molecular formula is C24H25FN4O3S. The topological polar surface area (TPSA) is 91.4 Å². The number of amides is 1. The zero-order chi connectivity index (χ0) is 23.3. The number of nitrogens with zero attached hydrogens (tertiary/aromatic N) is 2. The maximum absolute atomic E-state index is 13.5. The SMILES string of the molecule is O=C(Nc1cccc(S(=O)(=O)N2CCCCCC2)c1)c1cccnc1Nc1cccc(F)c1. The molecule has 2 aromatic carbocycles. The lowest BCUT2D eigenvalue weighted by molar-refractivity contribution is 0.102. The van der Waals surface area contributed by atoms with E-state index >= 15 is 0 Å². The van der Waals surface area contributed by atoms with Crippen molar-refractivity contribution in [3.63, 3.8) is 0 Å². The number of carbonyl (C=O) groups excluding carboxylic acids is 1. The van der Waals surface area contributed by atoms with Crippen molar-refractivity contribution >= 4 is 33.1 Å². The Kier molecular flexibility index (Phi) is 7.00. The van der Waals surface area contributed by atoms with Crippen LogP contribution in [0, 0.1) is 5.82 Å². The lowest BCUT2D eigenvalue weighted by atomic mass is 10.2. The van der Waals surface area contributed by atoms with Crippen molar-refractivity contribution in [2.75, 3.05) is 23.7 Å². The van der Waals surface area contributed by atoms with Crippen LogP contribution < -0.4 is 10.6 Å². The van der Waals surface area contributed by atoms with Gasteiger partial charge in [-0.25, -0.2) is 17.8 Å². The Balaban J connectivity index is 1.54. The van der Waals surface area contributed by atoms with Gasteiger partial charge in [0.15, 0.2) is 0 Å². The van der Waals surface area contributed by atoms with Crippen LogP contribution in [-0.4, -0.2) is 36.7 Å². The fourth-order valence-corrected chi connectivity index (χ4v) is 5.32. The van der Waals surface area contributed by atoms with Crippen LogP contribution in [0.15, 0.2) is 71.8 Å². The van der Waals surface area contributed by atoms with E-state index in [1.54, 1.807) is 36.4 Å². The number of nitrogens with one attached hydrogen (secondary N) is 2. The molecule has 0 atom stereocenters. The van der Waals surface area contributed by atoms with Crippen molar-refractivity contribution in [3.8, 4) is 0 Å². The highest BCUT2D eigenvalue weighted by molar-refractivity contribution is 7.89. The van der Waals surface area contributed by atoms with Gasteiger partial charge in [0.2, 0.25) is 10.0 Å². The molecule has 33 heavy (non-hydrogen) atoms. The number of hydrogen-bond acceptors (Lipinski definition) is 5. The molecule has 9 heteroatoms. The summed E-state index contributed by atoms with van der Waals surface area (Å²) in [5.41, 5.74) is 1.05. The number of sulfonamides is 1. The van der Waals surface area contributed by atoms with E-state index < -0.39 is 21.7 Å². The van der Waals surface area contributed by atoms with Gasteiger partial charge >= 0.3 is 0 Å². The van der Waals surface area contributed by atoms with Crippen molar-refractivity contribution in [2.24, 2.45) is 0 Å². The number of carbonyl (C=O) groups is 1. The normalized spacial score (nSPS) is 14.9. The Morgan fingerprint density at radius 2 is 1.64 bits per heavy atom. The summed E-state index contributed by atoms with van der Waals surface area (Å²) < 4.78 is 41.2. The highest BCUT2D eigenvalue weighted by Crippen LogP contribution is 2.24. The van der Waals surface area contributed by atoms with Gasteiger partial charge < -0.3 is 10.6 Å². The molecule has 4 rings (SSSR count). The molecule has 0 unspecified atom stereocenters. The summed E-state index contributed by atoms with van der Waals surface area (Å²) in [4.78, 5) is 17.3. The van der Waals surface area contributed by atoms with Gasteiger partial charge in [-0.1, -0.05) is 25.0 Å². The molecular weight excluding hydrogens is 443 g/mol. The van der Waals surface area contributed by atoms with Crippen LogP contribution >= 0.6 is 0 Å². The highest BCUT2D eigenvalue weighted by Gasteiger charge is 2.25. The smallest absolute Gasteiger partial charge is 0.259 e. The van der Waals surface area contributed by atoms with Crippen LogP contribution in [0.4, 0.5) is 21.6 Å². The molecule has 172 valence electrons.